The number of hydrogen-bond acceptors (Lipinski definition) is 5. The van der Waals surface area contributed by atoms with Crippen LogP contribution >= 0.6 is 0 Å². The molecule has 2 aliphatic rings. The third-order valence-corrected chi connectivity index (χ3v) is 4.49. The van der Waals surface area contributed by atoms with Crippen LogP contribution in [0.3, 0.4) is 0 Å². The zero-order valence-corrected chi connectivity index (χ0v) is 13.6. The van der Waals surface area contributed by atoms with Crippen LogP contribution in [0.5, 0.6) is 5.75 Å². The van der Waals surface area contributed by atoms with E-state index in [2.05, 4.69) is 10.2 Å². The Morgan fingerprint density at radius 2 is 1.96 bits per heavy atom. The average Bonchev–Trinajstić information content (AvgIpc) is 2.98. The van der Waals surface area contributed by atoms with Crippen molar-refractivity contribution in [2.45, 2.75) is 6.42 Å². The maximum Gasteiger partial charge on any atom is 0.227 e. The van der Waals surface area contributed by atoms with E-state index in [1.165, 1.54) is 0 Å². The molecular weight excluding hydrogens is 310 g/mol. The van der Waals surface area contributed by atoms with E-state index in [-0.39, 0.29) is 29.9 Å². The number of carbonyl (C=O) groups is 2. The first-order valence-corrected chi connectivity index (χ1v) is 8.30. The molecule has 0 spiro atoms. The van der Waals surface area contributed by atoms with Crippen molar-refractivity contribution >= 4 is 17.5 Å². The van der Waals surface area contributed by atoms with Gasteiger partial charge in [-0.2, -0.15) is 0 Å². The van der Waals surface area contributed by atoms with E-state index in [9.17, 15) is 14.7 Å². The Balaban J connectivity index is 1.47. The van der Waals surface area contributed by atoms with Gasteiger partial charge in [-0.15, -0.1) is 0 Å². The number of carbonyl (C=O) groups excluding carboxylic acids is 2. The molecule has 0 aliphatic carbocycles. The molecule has 3 rings (SSSR count). The molecule has 2 amide bonds. The van der Waals surface area contributed by atoms with Crippen molar-refractivity contribution < 1.29 is 19.4 Å². The van der Waals surface area contributed by atoms with Gasteiger partial charge in [0.15, 0.2) is 0 Å². The fourth-order valence-corrected chi connectivity index (χ4v) is 3.07. The molecule has 7 heteroatoms. The van der Waals surface area contributed by atoms with Gasteiger partial charge in [0.05, 0.1) is 19.1 Å². The van der Waals surface area contributed by atoms with Gasteiger partial charge < -0.3 is 20.1 Å². The molecule has 2 heterocycles. The van der Waals surface area contributed by atoms with Crippen LogP contribution in [0.4, 0.5) is 5.69 Å². The first kappa shape index (κ1) is 16.7. The molecule has 1 aromatic rings. The van der Waals surface area contributed by atoms with Gasteiger partial charge >= 0.3 is 0 Å². The molecule has 2 N–H and O–H groups in total. The van der Waals surface area contributed by atoms with Gasteiger partial charge in [0, 0.05) is 44.8 Å². The maximum absolute atomic E-state index is 12.3. The molecular formula is C17H23N3O4. The first-order chi connectivity index (χ1) is 11.6. The second kappa shape index (κ2) is 7.63. The Kier molecular flexibility index (Phi) is 5.32. The monoisotopic (exact) mass is 333 g/mol. The highest BCUT2D eigenvalue weighted by atomic mass is 16.5. The van der Waals surface area contributed by atoms with Crippen molar-refractivity contribution in [3.8, 4) is 5.75 Å². The highest BCUT2D eigenvalue weighted by Crippen LogP contribution is 2.26. The minimum Gasteiger partial charge on any atom is -0.508 e. The number of nitrogens with one attached hydrogen (secondary N) is 1. The summed E-state index contributed by atoms with van der Waals surface area (Å²) in [5, 5.41) is 12.3. The summed E-state index contributed by atoms with van der Waals surface area (Å²) in [5.41, 5.74) is 0.710. The Bertz CT molecular complexity index is 584. The van der Waals surface area contributed by atoms with Crippen molar-refractivity contribution in [1.82, 2.24) is 10.2 Å². The molecule has 2 fully saturated rings. The van der Waals surface area contributed by atoms with Gasteiger partial charge in [0.2, 0.25) is 11.8 Å². The van der Waals surface area contributed by atoms with Crippen molar-refractivity contribution in [2.24, 2.45) is 5.92 Å². The fourth-order valence-electron chi connectivity index (χ4n) is 3.07. The van der Waals surface area contributed by atoms with Gasteiger partial charge in [-0.1, -0.05) is 0 Å². The average molecular weight is 333 g/mol. The number of anilines is 1. The predicted molar refractivity (Wildman–Crippen MR) is 88.8 cm³/mol. The topological polar surface area (TPSA) is 82.1 Å². The molecule has 0 bridgehead atoms. The summed E-state index contributed by atoms with van der Waals surface area (Å²) in [6, 6.07) is 6.45. The summed E-state index contributed by atoms with van der Waals surface area (Å²) in [6.07, 6.45) is 0.226. The molecule has 1 aromatic carbocycles. The van der Waals surface area contributed by atoms with Gasteiger partial charge in [-0.3, -0.25) is 14.5 Å². The maximum atomic E-state index is 12.3. The van der Waals surface area contributed by atoms with E-state index in [1.807, 2.05) is 0 Å². The summed E-state index contributed by atoms with van der Waals surface area (Å²) in [4.78, 5) is 28.3. The minimum absolute atomic E-state index is 0.0611. The van der Waals surface area contributed by atoms with Crippen LogP contribution in [0.15, 0.2) is 24.3 Å². The second-order valence-electron chi connectivity index (χ2n) is 6.17. The lowest BCUT2D eigenvalue weighted by Crippen LogP contribution is -2.42. The van der Waals surface area contributed by atoms with E-state index in [0.29, 0.717) is 18.8 Å². The summed E-state index contributed by atoms with van der Waals surface area (Å²) < 4.78 is 5.29. The summed E-state index contributed by atoms with van der Waals surface area (Å²) in [5.74, 6) is -0.300. The number of benzene rings is 1. The van der Waals surface area contributed by atoms with Gasteiger partial charge in [-0.05, 0) is 24.3 Å². The third-order valence-electron chi connectivity index (χ3n) is 4.49. The zero-order chi connectivity index (χ0) is 16.9. The molecule has 0 unspecified atom stereocenters. The first-order valence-electron chi connectivity index (χ1n) is 8.30. The number of ether oxygens (including phenoxy) is 1. The Labute approximate surface area is 141 Å². The van der Waals surface area contributed by atoms with Crippen LogP contribution in [-0.4, -0.2) is 67.8 Å². The Hall–Kier alpha value is -2.12. The third kappa shape index (κ3) is 4.04. The summed E-state index contributed by atoms with van der Waals surface area (Å²) in [7, 11) is 0. The molecule has 2 saturated heterocycles. The van der Waals surface area contributed by atoms with Crippen LogP contribution in [0.2, 0.25) is 0 Å². The second-order valence-corrected chi connectivity index (χ2v) is 6.17. The number of amides is 2. The smallest absolute Gasteiger partial charge is 0.227 e. The van der Waals surface area contributed by atoms with E-state index >= 15 is 0 Å². The molecule has 24 heavy (non-hydrogen) atoms. The van der Waals surface area contributed by atoms with Gasteiger partial charge in [0.25, 0.3) is 0 Å². The number of phenolic OH excluding ortho intramolecular Hbond substituents is 1. The lowest BCUT2D eigenvalue weighted by atomic mass is 10.1. The van der Waals surface area contributed by atoms with Gasteiger partial charge in [-0.25, -0.2) is 0 Å². The van der Waals surface area contributed by atoms with Gasteiger partial charge in [0.1, 0.15) is 5.75 Å². The molecule has 7 nitrogen and oxygen atoms in total. The number of hydrogen-bond donors (Lipinski definition) is 2. The minimum atomic E-state index is -0.323. The highest BCUT2D eigenvalue weighted by Gasteiger charge is 2.34. The fraction of sp³-hybridized carbons (Fsp3) is 0.529. The normalized spacial score (nSPS) is 21.9. The molecule has 0 radical (unpaired) electrons. The highest BCUT2D eigenvalue weighted by molar-refractivity contribution is 6.00. The Morgan fingerprint density at radius 3 is 2.67 bits per heavy atom. The van der Waals surface area contributed by atoms with Crippen LogP contribution in [-0.2, 0) is 14.3 Å². The number of nitrogens with zero attached hydrogens (tertiary/aromatic N) is 2. The van der Waals surface area contributed by atoms with Crippen molar-refractivity contribution in [3.63, 3.8) is 0 Å². The lowest BCUT2D eigenvalue weighted by Gasteiger charge is -2.26. The van der Waals surface area contributed by atoms with Crippen LogP contribution in [0, 0.1) is 5.92 Å². The molecule has 0 saturated carbocycles. The summed E-state index contributed by atoms with van der Waals surface area (Å²) in [6.45, 7) is 5.05. The van der Waals surface area contributed by atoms with E-state index in [4.69, 9.17) is 4.74 Å². The lowest BCUT2D eigenvalue weighted by molar-refractivity contribution is -0.126. The van der Waals surface area contributed by atoms with Crippen molar-refractivity contribution in [2.75, 3.05) is 50.8 Å². The molecule has 2 aliphatic heterocycles. The number of rotatable bonds is 5. The van der Waals surface area contributed by atoms with Crippen LogP contribution in [0.25, 0.3) is 0 Å². The van der Waals surface area contributed by atoms with Crippen LogP contribution in [0.1, 0.15) is 6.42 Å². The molecule has 130 valence electrons. The SMILES string of the molecule is O=C(NCCN1CCOCC1)[C@H]1CC(=O)N(c2ccc(O)cc2)C1. The Morgan fingerprint density at radius 1 is 1.25 bits per heavy atom. The number of morpholine rings is 1. The molecule has 0 aromatic heterocycles. The zero-order valence-electron chi connectivity index (χ0n) is 13.6. The summed E-state index contributed by atoms with van der Waals surface area (Å²) >= 11 is 0. The number of aromatic hydroxyl groups is 1. The standard InChI is InChI=1S/C17H23N3O4/c21-15-3-1-14(2-4-15)20-12-13(11-16(20)22)17(23)18-5-6-19-7-9-24-10-8-19/h1-4,13,21H,5-12H2,(H,18,23)/t13-/m0/s1. The largest absolute Gasteiger partial charge is 0.508 e. The van der Waals surface area contributed by atoms with E-state index in [1.54, 1.807) is 29.2 Å². The predicted octanol–water partition coefficient (Wildman–Crippen LogP) is 0.194. The van der Waals surface area contributed by atoms with Crippen LogP contribution < -0.4 is 10.2 Å². The number of phenols is 1. The van der Waals surface area contributed by atoms with E-state index < -0.39 is 0 Å². The quantitative estimate of drug-likeness (QED) is 0.804. The van der Waals surface area contributed by atoms with Crippen molar-refractivity contribution in [3.05, 3.63) is 24.3 Å². The van der Waals surface area contributed by atoms with E-state index in [0.717, 1.165) is 32.8 Å². The molecule has 1 atom stereocenters. The van der Waals surface area contributed by atoms with Crippen molar-refractivity contribution in [1.29, 1.82) is 0 Å².